The van der Waals surface area contributed by atoms with E-state index < -0.39 is 24.4 Å². The number of carboxylic acid groups (broad SMARTS) is 1. The van der Waals surface area contributed by atoms with Gasteiger partial charge in [-0.25, -0.2) is 4.79 Å². The molecule has 1 aliphatic heterocycles. The van der Waals surface area contributed by atoms with Crippen LogP contribution in [-0.4, -0.2) is 34.7 Å². The van der Waals surface area contributed by atoms with Crippen LogP contribution in [0.4, 0.5) is 0 Å². The van der Waals surface area contributed by atoms with Crippen molar-refractivity contribution in [3.05, 3.63) is 69.0 Å². The molecule has 142 valence electrons. The second kappa shape index (κ2) is 8.85. The molecule has 1 heterocycles. The van der Waals surface area contributed by atoms with Gasteiger partial charge in [0, 0.05) is 15.6 Å². The van der Waals surface area contributed by atoms with Crippen molar-refractivity contribution in [3.8, 4) is 5.75 Å². The van der Waals surface area contributed by atoms with Crippen LogP contribution in [0.15, 0.2) is 62.9 Å². The third kappa shape index (κ3) is 5.08. The number of halogens is 1. The van der Waals surface area contributed by atoms with Gasteiger partial charge in [-0.05, 0) is 48.2 Å². The second-order valence-electron chi connectivity index (χ2n) is 5.52. The first-order valence-electron chi connectivity index (χ1n) is 7.95. The van der Waals surface area contributed by atoms with Gasteiger partial charge in [0.1, 0.15) is 5.75 Å². The van der Waals surface area contributed by atoms with Gasteiger partial charge in [-0.1, -0.05) is 34.1 Å². The maximum atomic E-state index is 12.2. The van der Waals surface area contributed by atoms with Crippen LogP contribution in [0.5, 0.6) is 5.75 Å². The van der Waals surface area contributed by atoms with Gasteiger partial charge in [0.25, 0.3) is 11.8 Å². The fourth-order valence-corrected chi connectivity index (χ4v) is 3.45. The third-order valence-corrected chi connectivity index (χ3v) is 4.89. The molecule has 0 aromatic heterocycles. The van der Waals surface area contributed by atoms with Crippen LogP contribution in [0, 0.1) is 0 Å². The summed E-state index contributed by atoms with van der Waals surface area (Å²) in [5.41, 5.74) is 0.933. The number of nitrogens with zero attached hydrogens (tertiary/aromatic N) is 1. The summed E-state index contributed by atoms with van der Waals surface area (Å²) < 4.78 is 5.99. The minimum Gasteiger partial charge on any atom is -0.481 e. The molecule has 3 rings (SSSR count). The van der Waals surface area contributed by atoms with Gasteiger partial charge in [-0.3, -0.25) is 9.59 Å². The van der Waals surface area contributed by atoms with Crippen LogP contribution in [0.25, 0.3) is 6.08 Å². The van der Waals surface area contributed by atoms with Crippen LogP contribution >= 0.6 is 27.7 Å². The van der Waals surface area contributed by atoms with E-state index in [9.17, 15) is 14.4 Å². The minimum absolute atomic E-state index is 0.174. The molecule has 0 saturated carbocycles. The van der Waals surface area contributed by atoms with Gasteiger partial charge in [-0.2, -0.15) is 4.99 Å². The Morgan fingerprint density at radius 3 is 2.68 bits per heavy atom. The summed E-state index contributed by atoms with van der Waals surface area (Å²) in [5, 5.41) is 11.5. The lowest BCUT2D eigenvalue weighted by Crippen LogP contribution is -2.20. The number of carbonyl (C=O) groups excluding carboxylic acids is 2. The first-order chi connectivity index (χ1) is 13.4. The molecule has 2 amide bonds. The molecule has 1 saturated heterocycles. The first kappa shape index (κ1) is 19.8. The van der Waals surface area contributed by atoms with E-state index in [-0.39, 0.29) is 5.17 Å². The lowest BCUT2D eigenvalue weighted by molar-refractivity contribution is -0.139. The fourth-order valence-electron chi connectivity index (χ4n) is 2.26. The van der Waals surface area contributed by atoms with Gasteiger partial charge < -0.3 is 15.2 Å². The highest BCUT2D eigenvalue weighted by Gasteiger charge is 2.25. The Bertz CT molecular complexity index is 1000. The van der Waals surface area contributed by atoms with Crippen LogP contribution in [0.3, 0.4) is 0 Å². The number of thioether (sulfide) groups is 1. The number of hydrogen-bond acceptors (Lipinski definition) is 5. The van der Waals surface area contributed by atoms with E-state index in [0.717, 1.165) is 16.2 Å². The Kier molecular flexibility index (Phi) is 6.27. The summed E-state index contributed by atoms with van der Waals surface area (Å²) >= 11 is 4.35. The Hall–Kier alpha value is -2.91. The number of carboxylic acids is 1. The molecule has 0 atom stereocenters. The van der Waals surface area contributed by atoms with Crippen molar-refractivity contribution in [3.63, 3.8) is 0 Å². The van der Waals surface area contributed by atoms with Gasteiger partial charge >= 0.3 is 5.97 Å². The smallest absolute Gasteiger partial charge is 0.341 e. The molecule has 9 heteroatoms. The van der Waals surface area contributed by atoms with Gasteiger partial charge in [0.2, 0.25) is 0 Å². The van der Waals surface area contributed by atoms with Gasteiger partial charge in [0.15, 0.2) is 11.8 Å². The Morgan fingerprint density at radius 2 is 1.96 bits per heavy atom. The van der Waals surface area contributed by atoms with E-state index in [0.29, 0.717) is 21.8 Å². The van der Waals surface area contributed by atoms with E-state index in [4.69, 9.17) is 9.84 Å². The molecule has 0 unspecified atom stereocenters. The molecular weight excluding hydrogens is 448 g/mol. The van der Waals surface area contributed by atoms with E-state index in [1.807, 2.05) is 0 Å². The maximum Gasteiger partial charge on any atom is 0.341 e. The topological polar surface area (TPSA) is 105 Å². The lowest BCUT2D eigenvalue weighted by atomic mass is 10.2. The summed E-state index contributed by atoms with van der Waals surface area (Å²) in [5.74, 6) is -1.66. The monoisotopic (exact) mass is 460 g/mol. The normalized spacial score (nSPS) is 16.2. The Balaban J connectivity index is 1.83. The Labute approximate surface area is 172 Å². The molecule has 2 N–H and O–H groups in total. The van der Waals surface area contributed by atoms with Crippen LogP contribution in [0.2, 0.25) is 0 Å². The predicted octanol–water partition coefficient (Wildman–Crippen LogP) is 3.31. The average Bonchev–Trinajstić information content (AvgIpc) is 3.00. The van der Waals surface area contributed by atoms with Crippen molar-refractivity contribution in [2.75, 3.05) is 6.61 Å². The summed E-state index contributed by atoms with van der Waals surface area (Å²) in [6.07, 6.45) is 1.55. The number of rotatable bonds is 5. The molecule has 2 aromatic rings. The zero-order valence-corrected chi connectivity index (χ0v) is 16.6. The van der Waals surface area contributed by atoms with E-state index in [2.05, 4.69) is 26.2 Å². The van der Waals surface area contributed by atoms with Crippen molar-refractivity contribution in [2.24, 2.45) is 4.99 Å². The van der Waals surface area contributed by atoms with Gasteiger partial charge in [0.05, 0.1) is 4.91 Å². The molecule has 0 radical (unpaired) electrons. The predicted molar refractivity (Wildman–Crippen MR) is 109 cm³/mol. The molecule has 2 aromatic carbocycles. The molecule has 1 aliphatic rings. The average molecular weight is 461 g/mol. The fraction of sp³-hybridized carbons (Fsp3) is 0.0526. The molecule has 0 spiro atoms. The van der Waals surface area contributed by atoms with E-state index in [1.54, 1.807) is 54.6 Å². The number of ether oxygens (including phenoxy) is 1. The Morgan fingerprint density at radius 1 is 1.21 bits per heavy atom. The SMILES string of the molecule is O=C(O)COc1ccc(Br)cc1/C=C1\SC(=NC(=O)c2ccccc2)NC1=O. The van der Waals surface area contributed by atoms with Crippen LogP contribution < -0.4 is 10.1 Å². The number of amidine groups is 1. The second-order valence-corrected chi connectivity index (χ2v) is 7.46. The summed E-state index contributed by atoms with van der Waals surface area (Å²) in [6.45, 7) is -0.505. The van der Waals surface area contributed by atoms with Crippen molar-refractivity contribution in [1.29, 1.82) is 0 Å². The highest BCUT2D eigenvalue weighted by Crippen LogP contribution is 2.31. The minimum atomic E-state index is -1.11. The molecule has 0 bridgehead atoms. The lowest BCUT2D eigenvalue weighted by Gasteiger charge is -2.08. The van der Waals surface area contributed by atoms with Crippen LogP contribution in [-0.2, 0) is 9.59 Å². The van der Waals surface area contributed by atoms with Crippen LogP contribution in [0.1, 0.15) is 15.9 Å². The van der Waals surface area contributed by atoms with Crippen molar-refractivity contribution in [2.45, 2.75) is 0 Å². The molecular formula is C19H13BrN2O5S. The number of nitrogens with one attached hydrogen (secondary N) is 1. The zero-order valence-electron chi connectivity index (χ0n) is 14.2. The van der Waals surface area contributed by atoms with Crippen molar-refractivity contribution >= 4 is 56.7 Å². The van der Waals surface area contributed by atoms with Crippen molar-refractivity contribution < 1.29 is 24.2 Å². The van der Waals surface area contributed by atoms with Gasteiger partial charge in [-0.15, -0.1) is 0 Å². The summed E-state index contributed by atoms with van der Waals surface area (Å²) in [4.78, 5) is 39.4. The standard InChI is InChI=1S/C19H13BrN2O5S/c20-13-6-7-14(27-10-16(23)24)12(8-13)9-15-18(26)22-19(28-15)21-17(25)11-4-2-1-3-5-11/h1-9H,10H2,(H,23,24)(H,21,22,25,26)/b15-9-. The molecule has 28 heavy (non-hydrogen) atoms. The number of aliphatic carboxylic acids is 1. The molecule has 1 fully saturated rings. The third-order valence-electron chi connectivity index (χ3n) is 3.48. The maximum absolute atomic E-state index is 12.2. The molecule has 0 aliphatic carbocycles. The number of carbonyl (C=O) groups is 3. The highest BCUT2D eigenvalue weighted by atomic mass is 79.9. The summed E-state index contributed by atoms with van der Waals surface area (Å²) in [7, 11) is 0. The zero-order chi connectivity index (χ0) is 20.1. The van der Waals surface area contributed by atoms with Crippen molar-refractivity contribution in [1.82, 2.24) is 5.32 Å². The summed E-state index contributed by atoms with van der Waals surface area (Å²) in [6, 6.07) is 13.5. The first-order valence-corrected chi connectivity index (χ1v) is 9.56. The van der Waals surface area contributed by atoms with E-state index in [1.165, 1.54) is 0 Å². The largest absolute Gasteiger partial charge is 0.481 e. The number of amides is 2. The highest BCUT2D eigenvalue weighted by molar-refractivity contribution is 9.10. The molecule has 7 nitrogen and oxygen atoms in total. The quantitative estimate of drug-likeness (QED) is 0.663. The number of aliphatic imine (C=N–C) groups is 1. The number of benzene rings is 2. The van der Waals surface area contributed by atoms with E-state index >= 15 is 0 Å². The number of hydrogen-bond donors (Lipinski definition) is 2.